The standard InChI is InChI=1S/C15H21I/c1-2-10-15(11-4-3-5-12-15)13-6-8-14(16)9-7-13/h6-9H,2-5,10-12H2,1H3. The monoisotopic (exact) mass is 328 g/mol. The van der Waals surface area contributed by atoms with Crippen molar-refractivity contribution in [3.8, 4) is 0 Å². The van der Waals surface area contributed by atoms with Gasteiger partial charge in [-0.1, -0.05) is 44.7 Å². The molecule has 0 atom stereocenters. The summed E-state index contributed by atoms with van der Waals surface area (Å²) in [4.78, 5) is 0. The molecule has 0 amide bonds. The van der Waals surface area contributed by atoms with E-state index >= 15 is 0 Å². The van der Waals surface area contributed by atoms with Crippen molar-refractivity contribution in [2.24, 2.45) is 0 Å². The normalized spacial score (nSPS) is 19.6. The van der Waals surface area contributed by atoms with E-state index in [9.17, 15) is 0 Å². The zero-order valence-electron chi connectivity index (χ0n) is 10.1. The minimum atomic E-state index is 0.511. The number of hydrogen-bond acceptors (Lipinski definition) is 0. The summed E-state index contributed by atoms with van der Waals surface area (Å²) in [5.41, 5.74) is 2.10. The van der Waals surface area contributed by atoms with E-state index in [0.29, 0.717) is 5.41 Å². The Labute approximate surface area is 113 Å². The van der Waals surface area contributed by atoms with Gasteiger partial charge in [-0.3, -0.25) is 0 Å². The third-order valence-corrected chi connectivity index (χ3v) is 4.71. The quantitative estimate of drug-likeness (QED) is 0.661. The molecule has 0 aliphatic heterocycles. The van der Waals surface area contributed by atoms with Gasteiger partial charge in [-0.15, -0.1) is 0 Å². The number of hydrogen-bond donors (Lipinski definition) is 0. The molecule has 1 aromatic rings. The van der Waals surface area contributed by atoms with Crippen LogP contribution in [-0.4, -0.2) is 0 Å². The predicted molar refractivity (Wildman–Crippen MR) is 78.8 cm³/mol. The smallest absolute Gasteiger partial charge is 0.0130 e. The molecule has 1 saturated carbocycles. The van der Waals surface area contributed by atoms with Gasteiger partial charge in [0.15, 0.2) is 0 Å². The molecule has 0 aromatic heterocycles. The second-order valence-corrected chi connectivity index (χ2v) is 6.34. The van der Waals surface area contributed by atoms with Gasteiger partial charge in [0.05, 0.1) is 0 Å². The van der Waals surface area contributed by atoms with E-state index in [2.05, 4.69) is 53.8 Å². The van der Waals surface area contributed by atoms with Crippen molar-refractivity contribution in [2.45, 2.75) is 57.3 Å². The maximum Gasteiger partial charge on any atom is 0.0130 e. The fraction of sp³-hybridized carbons (Fsp3) is 0.600. The minimum absolute atomic E-state index is 0.511. The summed E-state index contributed by atoms with van der Waals surface area (Å²) in [6.45, 7) is 2.32. The van der Waals surface area contributed by atoms with E-state index < -0.39 is 0 Å². The van der Waals surface area contributed by atoms with Gasteiger partial charge in [-0.25, -0.2) is 0 Å². The van der Waals surface area contributed by atoms with Crippen LogP contribution in [0.5, 0.6) is 0 Å². The van der Waals surface area contributed by atoms with Crippen LogP contribution in [0.1, 0.15) is 57.4 Å². The van der Waals surface area contributed by atoms with E-state index in [1.165, 1.54) is 48.5 Å². The van der Waals surface area contributed by atoms with Gasteiger partial charge in [0, 0.05) is 3.57 Å². The van der Waals surface area contributed by atoms with Crippen LogP contribution in [0.3, 0.4) is 0 Å². The molecule has 1 aliphatic carbocycles. The summed E-state index contributed by atoms with van der Waals surface area (Å²) >= 11 is 2.39. The Hall–Kier alpha value is -0.0500. The van der Waals surface area contributed by atoms with Gasteiger partial charge >= 0.3 is 0 Å². The first-order valence-corrected chi connectivity index (χ1v) is 7.61. The van der Waals surface area contributed by atoms with E-state index in [1.54, 1.807) is 5.56 Å². The topological polar surface area (TPSA) is 0 Å². The van der Waals surface area contributed by atoms with Crippen molar-refractivity contribution in [1.82, 2.24) is 0 Å². The van der Waals surface area contributed by atoms with Crippen molar-refractivity contribution in [1.29, 1.82) is 0 Å². The van der Waals surface area contributed by atoms with Gasteiger partial charge in [-0.05, 0) is 65.0 Å². The second-order valence-electron chi connectivity index (χ2n) is 5.10. The van der Waals surface area contributed by atoms with Crippen LogP contribution in [0.15, 0.2) is 24.3 Å². The lowest BCUT2D eigenvalue weighted by Gasteiger charge is -2.38. The molecule has 1 aliphatic rings. The summed E-state index contributed by atoms with van der Waals surface area (Å²) < 4.78 is 1.35. The average molecular weight is 328 g/mol. The van der Waals surface area contributed by atoms with E-state index in [-0.39, 0.29) is 0 Å². The molecule has 1 heteroatoms. The maximum atomic E-state index is 2.39. The van der Waals surface area contributed by atoms with Crippen molar-refractivity contribution in [2.75, 3.05) is 0 Å². The molecule has 0 nitrogen and oxygen atoms in total. The maximum absolute atomic E-state index is 2.39. The summed E-state index contributed by atoms with van der Waals surface area (Å²) in [6.07, 6.45) is 9.77. The SMILES string of the molecule is CCCC1(c2ccc(I)cc2)CCCCC1. The Bertz CT molecular complexity index is 314. The summed E-state index contributed by atoms with van der Waals surface area (Å²) in [7, 11) is 0. The van der Waals surface area contributed by atoms with Crippen LogP contribution in [-0.2, 0) is 5.41 Å². The molecule has 0 bridgehead atoms. The first-order valence-electron chi connectivity index (χ1n) is 6.53. The molecular weight excluding hydrogens is 307 g/mol. The van der Waals surface area contributed by atoms with Crippen LogP contribution in [0.25, 0.3) is 0 Å². The molecular formula is C15H21I. The lowest BCUT2D eigenvalue weighted by Crippen LogP contribution is -2.28. The van der Waals surface area contributed by atoms with Gasteiger partial charge < -0.3 is 0 Å². The Balaban J connectivity index is 2.26. The molecule has 0 spiro atoms. The average Bonchev–Trinajstić information content (AvgIpc) is 2.31. The lowest BCUT2D eigenvalue weighted by atomic mass is 9.67. The van der Waals surface area contributed by atoms with Gasteiger partial charge in [-0.2, -0.15) is 0 Å². The second kappa shape index (κ2) is 5.52. The Morgan fingerprint density at radius 1 is 1.06 bits per heavy atom. The minimum Gasteiger partial charge on any atom is -0.0654 e. The Morgan fingerprint density at radius 3 is 2.25 bits per heavy atom. The summed E-state index contributed by atoms with van der Waals surface area (Å²) in [5.74, 6) is 0. The van der Waals surface area contributed by atoms with Gasteiger partial charge in [0.2, 0.25) is 0 Å². The molecule has 0 saturated heterocycles. The van der Waals surface area contributed by atoms with Crippen LogP contribution in [0.4, 0.5) is 0 Å². The Morgan fingerprint density at radius 2 is 1.69 bits per heavy atom. The molecule has 0 radical (unpaired) electrons. The highest BCUT2D eigenvalue weighted by Gasteiger charge is 2.32. The highest BCUT2D eigenvalue weighted by Crippen LogP contribution is 2.42. The number of halogens is 1. The number of benzene rings is 1. The zero-order chi connectivity index (χ0) is 11.4. The molecule has 1 aromatic carbocycles. The lowest BCUT2D eigenvalue weighted by molar-refractivity contribution is 0.271. The van der Waals surface area contributed by atoms with E-state index in [4.69, 9.17) is 0 Å². The predicted octanol–water partition coefficient (Wildman–Crippen LogP) is 5.29. The van der Waals surface area contributed by atoms with Crippen LogP contribution >= 0.6 is 22.6 Å². The molecule has 2 rings (SSSR count). The molecule has 1 fully saturated rings. The fourth-order valence-electron chi connectivity index (χ4n) is 3.19. The molecule has 0 heterocycles. The fourth-order valence-corrected chi connectivity index (χ4v) is 3.55. The third kappa shape index (κ3) is 2.61. The first kappa shape index (κ1) is 12.4. The molecule has 0 unspecified atom stereocenters. The van der Waals surface area contributed by atoms with Crippen molar-refractivity contribution in [3.63, 3.8) is 0 Å². The molecule has 16 heavy (non-hydrogen) atoms. The van der Waals surface area contributed by atoms with Crippen molar-refractivity contribution < 1.29 is 0 Å². The molecule has 88 valence electrons. The summed E-state index contributed by atoms with van der Waals surface area (Å²) in [5, 5.41) is 0. The Kier molecular flexibility index (Phi) is 4.28. The van der Waals surface area contributed by atoms with E-state index in [0.717, 1.165) is 0 Å². The largest absolute Gasteiger partial charge is 0.0654 e. The van der Waals surface area contributed by atoms with E-state index in [1.807, 2.05) is 0 Å². The first-order chi connectivity index (χ1) is 7.77. The van der Waals surface area contributed by atoms with Crippen LogP contribution in [0, 0.1) is 3.57 Å². The van der Waals surface area contributed by atoms with Gasteiger partial charge in [0.1, 0.15) is 0 Å². The summed E-state index contributed by atoms with van der Waals surface area (Å²) in [6, 6.07) is 9.26. The molecule has 0 N–H and O–H groups in total. The van der Waals surface area contributed by atoms with Crippen molar-refractivity contribution >= 4 is 22.6 Å². The highest BCUT2D eigenvalue weighted by atomic mass is 127. The third-order valence-electron chi connectivity index (χ3n) is 4.00. The van der Waals surface area contributed by atoms with Crippen LogP contribution < -0.4 is 0 Å². The highest BCUT2D eigenvalue weighted by molar-refractivity contribution is 14.1. The van der Waals surface area contributed by atoms with Crippen molar-refractivity contribution in [3.05, 3.63) is 33.4 Å². The number of rotatable bonds is 3. The zero-order valence-corrected chi connectivity index (χ0v) is 12.3. The van der Waals surface area contributed by atoms with Gasteiger partial charge in [0.25, 0.3) is 0 Å². The van der Waals surface area contributed by atoms with Crippen LogP contribution in [0.2, 0.25) is 0 Å².